The molecule has 166 valence electrons. The van der Waals surface area contributed by atoms with Gasteiger partial charge in [-0.1, -0.05) is 83.3 Å². The fourth-order valence-corrected chi connectivity index (χ4v) is 3.34. The standard InChI is InChI=1S/C25H42O4/c1-2-3-4-5-6-7-8-9-10-11-12-19-28-20-13-14-21-29-24-17-15-23(16-18-24)22-25(26)27/h15-18H,2-14,19-22H2,1H3,(H,26,27). The Kier molecular flexibility index (Phi) is 16.2. The molecule has 1 aromatic rings. The van der Waals surface area contributed by atoms with Crippen molar-refractivity contribution in [2.75, 3.05) is 19.8 Å². The van der Waals surface area contributed by atoms with E-state index in [0.29, 0.717) is 6.61 Å². The number of carbonyl (C=O) groups is 1. The molecule has 0 fully saturated rings. The highest BCUT2D eigenvalue weighted by atomic mass is 16.5. The van der Waals surface area contributed by atoms with Crippen LogP contribution < -0.4 is 4.74 Å². The lowest BCUT2D eigenvalue weighted by molar-refractivity contribution is -0.136. The van der Waals surface area contributed by atoms with Gasteiger partial charge in [-0.2, -0.15) is 0 Å². The zero-order chi connectivity index (χ0) is 21.0. The van der Waals surface area contributed by atoms with Crippen LogP contribution in [0.2, 0.25) is 0 Å². The van der Waals surface area contributed by atoms with Crippen LogP contribution >= 0.6 is 0 Å². The molecule has 0 aromatic heterocycles. The van der Waals surface area contributed by atoms with Crippen LogP contribution in [0.1, 0.15) is 96.0 Å². The van der Waals surface area contributed by atoms with Crippen molar-refractivity contribution in [2.45, 2.75) is 96.8 Å². The highest BCUT2D eigenvalue weighted by molar-refractivity contribution is 5.70. The van der Waals surface area contributed by atoms with Crippen LogP contribution in [0, 0.1) is 0 Å². The van der Waals surface area contributed by atoms with Crippen molar-refractivity contribution in [3.05, 3.63) is 29.8 Å². The molecule has 0 saturated heterocycles. The van der Waals surface area contributed by atoms with E-state index in [-0.39, 0.29) is 6.42 Å². The Labute approximate surface area is 178 Å². The molecular weight excluding hydrogens is 364 g/mol. The van der Waals surface area contributed by atoms with E-state index in [1.807, 2.05) is 12.1 Å². The minimum atomic E-state index is -0.813. The average Bonchev–Trinajstić information content (AvgIpc) is 2.71. The van der Waals surface area contributed by atoms with Gasteiger partial charge < -0.3 is 14.6 Å². The van der Waals surface area contributed by atoms with Gasteiger partial charge in [-0.15, -0.1) is 0 Å². The molecule has 0 aliphatic carbocycles. The third kappa shape index (κ3) is 16.0. The van der Waals surface area contributed by atoms with E-state index >= 15 is 0 Å². The Morgan fingerprint density at radius 1 is 0.724 bits per heavy atom. The summed E-state index contributed by atoms with van der Waals surface area (Å²) < 4.78 is 11.4. The van der Waals surface area contributed by atoms with E-state index in [2.05, 4.69) is 6.92 Å². The molecule has 0 amide bonds. The van der Waals surface area contributed by atoms with Crippen LogP contribution in [0.15, 0.2) is 24.3 Å². The van der Waals surface area contributed by atoms with Gasteiger partial charge in [0, 0.05) is 13.2 Å². The summed E-state index contributed by atoms with van der Waals surface area (Å²) in [4.78, 5) is 10.7. The molecule has 0 atom stereocenters. The monoisotopic (exact) mass is 406 g/mol. The molecule has 0 spiro atoms. The number of hydrogen-bond acceptors (Lipinski definition) is 3. The topological polar surface area (TPSA) is 55.8 Å². The van der Waals surface area contributed by atoms with Crippen molar-refractivity contribution in [3.63, 3.8) is 0 Å². The van der Waals surface area contributed by atoms with Gasteiger partial charge in [-0.25, -0.2) is 0 Å². The maximum absolute atomic E-state index is 10.7. The molecule has 4 nitrogen and oxygen atoms in total. The first kappa shape index (κ1) is 25.5. The normalized spacial score (nSPS) is 10.9. The first-order valence-corrected chi connectivity index (χ1v) is 11.7. The quantitative estimate of drug-likeness (QED) is 0.242. The van der Waals surface area contributed by atoms with E-state index in [9.17, 15) is 4.79 Å². The molecule has 4 heteroatoms. The van der Waals surface area contributed by atoms with E-state index in [1.54, 1.807) is 12.1 Å². The highest BCUT2D eigenvalue weighted by Gasteiger charge is 2.01. The predicted molar refractivity (Wildman–Crippen MR) is 120 cm³/mol. The molecule has 29 heavy (non-hydrogen) atoms. The summed E-state index contributed by atoms with van der Waals surface area (Å²) >= 11 is 0. The van der Waals surface area contributed by atoms with Gasteiger partial charge in [0.05, 0.1) is 13.0 Å². The number of benzene rings is 1. The number of hydrogen-bond donors (Lipinski definition) is 1. The number of unbranched alkanes of at least 4 members (excludes halogenated alkanes) is 11. The highest BCUT2D eigenvalue weighted by Crippen LogP contribution is 2.13. The first-order chi connectivity index (χ1) is 14.2. The zero-order valence-electron chi connectivity index (χ0n) is 18.5. The van der Waals surface area contributed by atoms with Crippen molar-refractivity contribution in [3.8, 4) is 5.75 Å². The van der Waals surface area contributed by atoms with Crippen LogP contribution in [0.25, 0.3) is 0 Å². The number of aliphatic carboxylic acids is 1. The lowest BCUT2D eigenvalue weighted by atomic mass is 10.1. The first-order valence-electron chi connectivity index (χ1n) is 11.7. The lowest BCUT2D eigenvalue weighted by Crippen LogP contribution is -2.02. The zero-order valence-corrected chi connectivity index (χ0v) is 18.5. The molecule has 0 saturated carbocycles. The molecule has 0 aliphatic heterocycles. The van der Waals surface area contributed by atoms with E-state index in [4.69, 9.17) is 14.6 Å². The second kappa shape index (κ2) is 18.5. The van der Waals surface area contributed by atoms with Gasteiger partial charge >= 0.3 is 5.97 Å². The van der Waals surface area contributed by atoms with Gasteiger partial charge in [0.25, 0.3) is 0 Å². The number of rotatable bonds is 20. The van der Waals surface area contributed by atoms with Crippen LogP contribution in [0.3, 0.4) is 0 Å². The number of carboxylic acids is 1. The van der Waals surface area contributed by atoms with Crippen molar-refractivity contribution in [1.29, 1.82) is 0 Å². The Morgan fingerprint density at radius 3 is 1.76 bits per heavy atom. The van der Waals surface area contributed by atoms with Gasteiger partial charge in [-0.05, 0) is 37.0 Å². The van der Waals surface area contributed by atoms with Crippen LogP contribution in [0.4, 0.5) is 0 Å². The van der Waals surface area contributed by atoms with Gasteiger partial charge in [0.15, 0.2) is 0 Å². The summed E-state index contributed by atoms with van der Waals surface area (Å²) in [5, 5.41) is 8.76. The van der Waals surface area contributed by atoms with E-state index in [1.165, 1.54) is 70.6 Å². The SMILES string of the molecule is CCCCCCCCCCCCCOCCCCOc1ccc(CC(=O)O)cc1. The van der Waals surface area contributed by atoms with Crippen LogP contribution in [-0.4, -0.2) is 30.9 Å². The van der Waals surface area contributed by atoms with Crippen molar-refractivity contribution in [2.24, 2.45) is 0 Å². The molecule has 1 rings (SSSR count). The molecule has 0 aliphatic rings. The molecule has 1 N–H and O–H groups in total. The minimum Gasteiger partial charge on any atom is -0.494 e. The van der Waals surface area contributed by atoms with Gasteiger partial charge in [-0.3, -0.25) is 4.79 Å². The summed E-state index contributed by atoms with van der Waals surface area (Å²) in [7, 11) is 0. The van der Waals surface area contributed by atoms with E-state index in [0.717, 1.165) is 37.4 Å². The second-order valence-electron chi connectivity index (χ2n) is 7.92. The number of carboxylic acid groups (broad SMARTS) is 1. The maximum atomic E-state index is 10.7. The smallest absolute Gasteiger partial charge is 0.307 e. The van der Waals surface area contributed by atoms with Gasteiger partial charge in [0.2, 0.25) is 0 Å². The number of ether oxygens (including phenoxy) is 2. The summed E-state index contributed by atoms with van der Waals surface area (Å²) in [5.74, 6) is -0.0205. The molecule has 0 unspecified atom stereocenters. The van der Waals surface area contributed by atoms with Crippen molar-refractivity contribution < 1.29 is 19.4 Å². The lowest BCUT2D eigenvalue weighted by Gasteiger charge is -2.07. The fraction of sp³-hybridized carbons (Fsp3) is 0.720. The second-order valence-corrected chi connectivity index (χ2v) is 7.92. The summed E-state index contributed by atoms with van der Waals surface area (Å²) in [6.45, 7) is 4.62. The van der Waals surface area contributed by atoms with Crippen LogP contribution in [0.5, 0.6) is 5.75 Å². The summed E-state index contributed by atoms with van der Waals surface area (Å²) in [6, 6.07) is 7.28. The van der Waals surface area contributed by atoms with Crippen molar-refractivity contribution in [1.82, 2.24) is 0 Å². The average molecular weight is 407 g/mol. The van der Waals surface area contributed by atoms with Gasteiger partial charge in [0.1, 0.15) is 5.75 Å². The predicted octanol–water partition coefficient (Wildman–Crippen LogP) is 6.80. The Bertz CT molecular complexity index is 498. The summed E-state index contributed by atoms with van der Waals surface area (Å²) in [5.41, 5.74) is 0.792. The summed E-state index contributed by atoms with van der Waals surface area (Å²) in [6.07, 6.45) is 17.0. The Balaban J connectivity index is 1.80. The third-order valence-electron chi connectivity index (χ3n) is 5.12. The molecule has 1 aromatic carbocycles. The van der Waals surface area contributed by atoms with Crippen molar-refractivity contribution >= 4 is 5.97 Å². The Hall–Kier alpha value is -1.55. The molecular formula is C25H42O4. The fourth-order valence-electron chi connectivity index (χ4n) is 3.34. The largest absolute Gasteiger partial charge is 0.494 e. The van der Waals surface area contributed by atoms with E-state index < -0.39 is 5.97 Å². The molecule has 0 radical (unpaired) electrons. The third-order valence-corrected chi connectivity index (χ3v) is 5.12. The minimum absolute atomic E-state index is 0.0523. The Morgan fingerprint density at radius 2 is 1.21 bits per heavy atom. The molecule has 0 heterocycles. The molecule has 0 bridgehead atoms. The van der Waals surface area contributed by atoms with Crippen LogP contribution in [-0.2, 0) is 16.0 Å². The maximum Gasteiger partial charge on any atom is 0.307 e.